The van der Waals surface area contributed by atoms with Gasteiger partial charge in [0.2, 0.25) is 5.91 Å². The summed E-state index contributed by atoms with van der Waals surface area (Å²) in [5.74, 6) is -0.532. The van der Waals surface area contributed by atoms with Gasteiger partial charge in [0.15, 0.2) is 0 Å². The number of thiophene rings is 1. The van der Waals surface area contributed by atoms with Crippen molar-refractivity contribution in [2.75, 3.05) is 31.9 Å². The molecular formula is C35H37N7O4S. The van der Waals surface area contributed by atoms with Crippen LogP contribution >= 0.6 is 11.3 Å². The minimum Gasteiger partial charge on any atom is -0.398 e. The van der Waals surface area contributed by atoms with E-state index in [0.717, 1.165) is 16.0 Å². The minimum absolute atomic E-state index is 0.0397. The Balaban J connectivity index is 1.05. The predicted octanol–water partition coefficient (Wildman–Crippen LogP) is 3.74. The van der Waals surface area contributed by atoms with Crippen molar-refractivity contribution in [3.63, 3.8) is 0 Å². The molecule has 2 amide bonds. The number of likely N-dealkylation sites (tertiary alicyclic amines) is 2. The predicted molar refractivity (Wildman–Crippen MR) is 181 cm³/mol. The number of fused-ring (bicyclic) bond motifs is 1. The summed E-state index contributed by atoms with van der Waals surface area (Å²) in [6, 6.07) is 17.2. The summed E-state index contributed by atoms with van der Waals surface area (Å²) in [5.41, 5.74) is 8.11. The van der Waals surface area contributed by atoms with Crippen LogP contribution in [0, 0.1) is 5.92 Å². The average Bonchev–Trinajstić information content (AvgIpc) is 3.68. The summed E-state index contributed by atoms with van der Waals surface area (Å²) >= 11 is 1.37. The van der Waals surface area contributed by atoms with Crippen LogP contribution in [0.25, 0.3) is 21.5 Å². The molecule has 0 spiro atoms. The molecule has 2 aliphatic rings. The largest absolute Gasteiger partial charge is 0.398 e. The summed E-state index contributed by atoms with van der Waals surface area (Å²) in [6.07, 6.45) is 7.92. The number of benzene rings is 1. The standard InChI is InChI=1S/C35H37N7O4S/c1-39-15-9-26-31(39)38-22-42(33(26)44)21-35(46)11-17-40(18-12-35)32(43)25-10-16-41(20-27(25)23-5-3-2-4-6-23)34(45)29-19-28(36)30(47-29)24-7-13-37-14-8-24/h2-9,13-15,19,22,25,27,46H,10-12,16-18,20-21,36H2,1H3/t25-,27+/m1/s1. The van der Waals surface area contributed by atoms with Crippen LogP contribution in [0.3, 0.4) is 0 Å². The lowest BCUT2D eigenvalue weighted by Crippen LogP contribution is -2.53. The lowest BCUT2D eigenvalue weighted by molar-refractivity contribution is -0.142. The molecule has 7 rings (SSSR count). The molecule has 2 atom stereocenters. The van der Waals surface area contributed by atoms with Gasteiger partial charge in [-0.05, 0) is 54.7 Å². The number of anilines is 1. The number of aliphatic hydroxyl groups is 1. The van der Waals surface area contributed by atoms with Gasteiger partial charge >= 0.3 is 0 Å². The first kappa shape index (κ1) is 30.8. The number of hydrogen-bond donors (Lipinski definition) is 2. The van der Waals surface area contributed by atoms with Crippen molar-refractivity contribution >= 4 is 39.9 Å². The number of aromatic nitrogens is 4. The number of nitrogen functional groups attached to an aromatic ring is 1. The van der Waals surface area contributed by atoms with E-state index >= 15 is 0 Å². The summed E-state index contributed by atoms with van der Waals surface area (Å²) in [5, 5.41) is 12.0. The summed E-state index contributed by atoms with van der Waals surface area (Å²) < 4.78 is 3.26. The van der Waals surface area contributed by atoms with Gasteiger partial charge in [-0.25, -0.2) is 4.98 Å². The van der Waals surface area contributed by atoms with E-state index < -0.39 is 5.60 Å². The van der Waals surface area contributed by atoms with Crippen LogP contribution in [0.5, 0.6) is 0 Å². The fourth-order valence-corrected chi connectivity index (χ4v) is 8.06. The number of carbonyl (C=O) groups excluding carboxylic acids is 2. The van der Waals surface area contributed by atoms with E-state index in [-0.39, 0.29) is 35.8 Å². The van der Waals surface area contributed by atoms with Crippen molar-refractivity contribution < 1.29 is 14.7 Å². The van der Waals surface area contributed by atoms with Crippen LogP contribution in [0.15, 0.2) is 84.3 Å². The number of amides is 2. The van der Waals surface area contributed by atoms with Crippen molar-refractivity contribution in [1.82, 2.24) is 28.9 Å². The lowest BCUT2D eigenvalue weighted by atomic mass is 9.79. The zero-order valence-corrected chi connectivity index (χ0v) is 27.0. The number of aryl methyl sites for hydroxylation is 1. The van der Waals surface area contributed by atoms with Crippen molar-refractivity contribution in [3.05, 3.63) is 100 Å². The molecule has 1 aromatic carbocycles. The van der Waals surface area contributed by atoms with Gasteiger partial charge in [0.1, 0.15) is 12.0 Å². The number of nitrogens with two attached hydrogens (primary N) is 1. The van der Waals surface area contributed by atoms with E-state index in [4.69, 9.17) is 5.73 Å². The number of rotatable bonds is 6. The van der Waals surface area contributed by atoms with E-state index in [1.54, 1.807) is 35.3 Å². The lowest BCUT2D eigenvalue weighted by Gasteiger charge is -2.43. The Morgan fingerprint density at radius 3 is 2.53 bits per heavy atom. The van der Waals surface area contributed by atoms with Gasteiger partial charge in [0.25, 0.3) is 11.5 Å². The molecule has 0 bridgehead atoms. The van der Waals surface area contributed by atoms with Crippen LogP contribution in [0.2, 0.25) is 0 Å². The molecule has 242 valence electrons. The van der Waals surface area contributed by atoms with Gasteiger partial charge in [-0.1, -0.05) is 30.3 Å². The Labute approximate surface area is 275 Å². The van der Waals surface area contributed by atoms with Crippen LogP contribution in [0.1, 0.15) is 40.4 Å². The Hall–Kier alpha value is -4.81. The molecule has 4 aromatic heterocycles. The van der Waals surface area contributed by atoms with Crippen molar-refractivity contribution in [3.8, 4) is 10.4 Å². The monoisotopic (exact) mass is 651 g/mol. The maximum atomic E-state index is 14.1. The Kier molecular flexibility index (Phi) is 8.15. The Morgan fingerprint density at radius 2 is 1.79 bits per heavy atom. The maximum Gasteiger partial charge on any atom is 0.264 e. The van der Waals surface area contributed by atoms with E-state index in [9.17, 15) is 19.5 Å². The van der Waals surface area contributed by atoms with Gasteiger partial charge in [-0.3, -0.25) is 23.9 Å². The summed E-state index contributed by atoms with van der Waals surface area (Å²) in [7, 11) is 1.84. The zero-order chi connectivity index (χ0) is 32.7. The van der Waals surface area contributed by atoms with Crippen molar-refractivity contribution in [1.29, 1.82) is 0 Å². The third kappa shape index (κ3) is 5.94. The summed E-state index contributed by atoms with van der Waals surface area (Å²) in [4.78, 5) is 54.5. The molecule has 47 heavy (non-hydrogen) atoms. The first-order valence-corrected chi connectivity index (χ1v) is 16.7. The van der Waals surface area contributed by atoms with E-state index in [2.05, 4.69) is 9.97 Å². The van der Waals surface area contributed by atoms with E-state index in [1.165, 1.54) is 22.2 Å². The maximum absolute atomic E-state index is 14.1. The van der Waals surface area contributed by atoms with Crippen molar-refractivity contribution in [2.45, 2.75) is 37.3 Å². The number of nitrogens with zero attached hydrogens (tertiary/aromatic N) is 6. The molecule has 2 saturated heterocycles. The summed E-state index contributed by atoms with van der Waals surface area (Å²) in [6.45, 7) is 1.76. The van der Waals surface area contributed by atoms with Gasteiger partial charge in [-0.2, -0.15) is 0 Å². The molecule has 5 aromatic rings. The highest BCUT2D eigenvalue weighted by Gasteiger charge is 2.42. The highest BCUT2D eigenvalue weighted by Crippen LogP contribution is 2.39. The van der Waals surface area contributed by atoms with E-state index in [0.29, 0.717) is 67.0 Å². The van der Waals surface area contributed by atoms with Crippen molar-refractivity contribution in [2.24, 2.45) is 13.0 Å². The number of piperidine rings is 2. The number of carbonyl (C=O) groups is 2. The second-order valence-corrected chi connectivity index (χ2v) is 13.7. The van der Waals surface area contributed by atoms with Gasteiger partial charge in [0.05, 0.1) is 33.0 Å². The Morgan fingerprint density at radius 1 is 1.04 bits per heavy atom. The molecule has 0 unspecified atom stereocenters. The van der Waals surface area contributed by atoms with Crippen LogP contribution < -0.4 is 11.3 Å². The minimum atomic E-state index is -1.13. The topological polar surface area (TPSA) is 140 Å². The van der Waals surface area contributed by atoms with Crippen LogP contribution in [-0.2, 0) is 18.4 Å². The molecule has 0 saturated carbocycles. The molecule has 2 fully saturated rings. The van der Waals surface area contributed by atoms with Crippen LogP contribution in [-0.4, -0.2) is 77.6 Å². The molecule has 0 aliphatic carbocycles. The molecule has 0 radical (unpaired) electrons. The Bertz CT molecular complexity index is 1980. The third-order valence-electron chi connectivity index (χ3n) is 9.68. The fraction of sp³-hybridized carbons (Fsp3) is 0.343. The first-order chi connectivity index (χ1) is 22.7. The molecular weight excluding hydrogens is 614 g/mol. The highest BCUT2D eigenvalue weighted by atomic mass is 32.1. The second-order valence-electron chi connectivity index (χ2n) is 12.7. The SMILES string of the molecule is Cn1ccc2c(=O)n(CC3(O)CCN(C(=O)[C@@H]4CCN(C(=O)c5cc(N)c(-c6ccncc6)s5)C[C@H]4c4ccccc4)CC3)cnc21. The first-order valence-electron chi connectivity index (χ1n) is 15.9. The molecule has 2 aliphatic heterocycles. The smallest absolute Gasteiger partial charge is 0.264 e. The third-order valence-corrected chi connectivity index (χ3v) is 10.9. The average molecular weight is 652 g/mol. The van der Waals surface area contributed by atoms with E-state index in [1.807, 2.05) is 59.3 Å². The second kappa shape index (κ2) is 12.4. The zero-order valence-electron chi connectivity index (χ0n) is 26.2. The molecule has 3 N–H and O–H groups in total. The molecule has 12 heteroatoms. The number of pyridine rings is 1. The van der Waals surface area contributed by atoms with Gasteiger partial charge in [0, 0.05) is 63.7 Å². The number of hydrogen-bond acceptors (Lipinski definition) is 8. The molecule has 6 heterocycles. The fourth-order valence-electron chi connectivity index (χ4n) is 7.01. The van der Waals surface area contributed by atoms with Crippen LogP contribution in [0.4, 0.5) is 5.69 Å². The highest BCUT2D eigenvalue weighted by molar-refractivity contribution is 7.18. The van der Waals surface area contributed by atoms with Gasteiger partial charge < -0.3 is 25.2 Å². The normalized spacial score (nSPS) is 19.6. The van der Waals surface area contributed by atoms with Gasteiger partial charge in [-0.15, -0.1) is 11.3 Å². The quantitative estimate of drug-likeness (QED) is 0.285. The molecule has 11 nitrogen and oxygen atoms in total.